The molecule has 2 rings (SSSR count). The van der Waals surface area contributed by atoms with Gasteiger partial charge in [0, 0.05) is 5.69 Å². The van der Waals surface area contributed by atoms with Crippen molar-refractivity contribution in [1.29, 1.82) is 0 Å². The van der Waals surface area contributed by atoms with E-state index in [9.17, 15) is 9.90 Å². The highest BCUT2D eigenvalue weighted by atomic mass is 16.3. The Kier molecular flexibility index (Phi) is 3.87. The summed E-state index contributed by atoms with van der Waals surface area (Å²) in [6.45, 7) is 4.61. The minimum absolute atomic E-state index is 0.0166. The minimum Gasteiger partial charge on any atom is -0.508 e. The molecular weight excluding hydrogens is 228 g/mol. The summed E-state index contributed by atoms with van der Waals surface area (Å²) in [5.41, 5.74) is 2.43. The van der Waals surface area contributed by atoms with Crippen molar-refractivity contribution in [1.82, 2.24) is 5.32 Å². The number of phenols is 1. The molecule has 18 heavy (non-hydrogen) atoms. The second kappa shape index (κ2) is 5.40. The van der Waals surface area contributed by atoms with E-state index in [-0.39, 0.29) is 17.7 Å². The molecule has 1 aliphatic heterocycles. The summed E-state index contributed by atoms with van der Waals surface area (Å²) >= 11 is 0. The zero-order valence-corrected chi connectivity index (χ0v) is 10.9. The maximum absolute atomic E-state index is 12.1. The van der Waals surface area contributed by atoms with Gasteiger partial charge >= 0.3 is 0 Å². The van der Waals surface area contributed by atoms with Gasteiger partial charge in [0.15, 0.2) is 0 Å². The summed E-state index contributed by atoms with van der Waals surface area (Å²) in [5, 5.41) is 15.7. The summed E-state index contributed by atoms with van der Waals surface area (Å²) in [6.07, 6.45) is 3.13. The molecule has 0 spiro atoms. The average molecular weight is 248 g/mol. The Morgan fingerprint density at radius 3 is 2.78 bits per heavy atom. The fraction of sp³-hybridized carbons (Fsp3) is 0.500. The van der Waals surface area contributed by atoms with E-state index < -0.39 is 0 Å². The van der Waals surface area contributed by atoms with Gasteiger partial charge in [-0.25, -0.2) is 0 Å². The van der Waals surface area contributed by atoms with Gasteiger partial charge in [0.25, 0.3) is 0 Å². The molecule has 0 radical (unpaired) electrons. The SMILES string of the molecule is Cc1cc(NC(=O)[C@H]2CCCCN2)c(C)cc1O. The molecule has 98 valence electrons. The predicted molar refractivity (Wildman–Crippen MR) is 71.9 cm³/mol. The van der Waals surface area contributed by atoms with Gasteiger partial charge in [-0.15, -0.1) is 0 Å². The van der Waals surface area contributed by atoms with Crippen LogP contribution >= 0.6 is 0 Å². The van der Waals surface area contributed by atoms with Gasteiger partial charge in [-0.2, -0.15) is 0 Å². The summed E-state index contributed by atoms with van der Waals surface area (Å²) in [5.74, 6) is 0.282. The number of carbonyl (C=O) groups is 1. The Balaban J connectivity index is 2.08. The molecule has 1 heterocycles. The van der Waals surface area contributed by atoms with Crippen molar-refractivity contribution in [3.05, 3.63) is 23.3 Å². The van der Waals surface area contributed by atoms with E-state index in [0.717, 1.165) is 42.6 Å². The third kappa shape index (κ3) is 2.82. The van der Waals surface area contributed by atoms with E-state index in [1.807, 2.05) is 19.9 Å². The number of piperidine rings is 1. The lowest BCUT2D eigenvalue weighted by molar-refractivity contribution is -0.118. The van der Waals surface area contributed by atoms with Crippen LogP contribution in [0, 0.1) is 13.8 Å². The Morgan fingerprint density at radius 1 is 1.33 bits per heavy atom. The zero-order chi connectivity index (χ0) is 13.1. The van der Waals surface area contributed by atoms with E-state index in [2.05, 4.69) is 10.6 Å². The number of benzene rings is 1. The van der Waals surface area contributed by atoms with Crippen LogP contribution in [0.4, 0.5) is 5.69 Å². The van der Waals surface area contributed by atoms with Crippen LogP contribution in [0.5, 0.6) is 5.75 Å². The van der Waals surface area contributed by atoms with Crippen molar-refractivity contribution in [3.8, 4) is 5.75 Å². The van der Waals surface area contributed by atoms with E-state index in [1.54, 1.807) is 6.07 Å². The van der Waals surface area contributed by atoms with Crippen molar-refractivity contribution < 1.29 is 9.90 Å². The van der Waals surface area contributed by atoms with Gasteiger partial charge in [-0.3, -0.25) is 4.79 Å². The molecule has 1 aliphatic rings. The second-order valence-electron chi connectivity index (χ2n) is 4.95. The topological polar surface area (TPSA) is 61.4 Å². The summed E-state index contributed by atoms with van der Waals surface area (Å²) in [4.78, 5) is 12.1. The van der Waals surface area contributed by atoms with Crippen LogP contribution < -0.4 is 10.6 Å². The molecule has 4 nitrogen and oxygen atoms in total. The molecule has 0 bridgehead atoms. The first kappa shape index (κ1) is 12.9. The Labute approximate surface area is 107 Å². The second-order valence-corrected chi connectivity index (χ2v) is 4.95. The summed E-state index contributed by atoms with van der Waals surface area (Å²) in [7, 11) is 0. The lowest BCUT2D eigenvalue weighted by Gasteiger charge is -2.23. The fourth-order valence-corrected chi connectivity index (χ4v) is 2.23. The predicted octanol–water partition coefficient (Wildman–Crippen LogP) is 2.09. The number of rotatable bonds is 2. The third-order valence-electron chi connectivity index (χ3n) is 3.43. The maximum Gasteiger partial charge on any atom is 0.241 e. The number of amides is 1. The molecule has 0 aliphatic carbocycles. The number of carbonyl (C=O) groups excluding carboxylic acids is 1. The van der Waals surface area contributed by atoms with Crippen LogP contribution in [-0.4, -0.2) is 23.6 Å². The lowest BCUT2D eigenvalue weighted by atomic mass is 10.0. The number of hydrogen-bond donors (Lipinski definition) is 3. The van der Waals surface area contributed by atoms with Crippen LogP contribution in [0.25, 0.3) is 0 Å². The van der Waals surface area contributed by atoms with Gasteiger partial charge < -0.3 is 15.7 Å². The highest BCUT2D eigenvalue weighted by molar-refractivity contribution is 5.95. The molecule has 1 aromatic rings. The van der Waals surface area contributed by atoms with Gasteiger partial charge in [0.1, 0.15) is 5.75 Å². The van der Waals surface area contributed by atoms with E-state index >= 15 is 0 Å². The van der Waals surface area contributed by atoms with Crippen molar-refractivity contribution in [3.63, 3.8) is 0 Å². The normalized spacial score (nSPS) is 19.6. The summed E-state index contributed by atoms with van der Waals surface area (Å²) in [6, 6.07) is 3.40. The van der Waals surface area contributed by atoms with Crippen LogP contribution in [0.2, 0.25) is 0 Å². The largest absolute Gasteiger partial charge is 0.508 e. The third-order valence-corrected chi connectivity index (χ3v) is 3.43. The van der Waals surface area contributed by atoms with Crippen LogP contribution in [-0.2, 0) is 4.79 Å². The van der Waals surface area contributed by atoms with Crippen LogP contribution in [0.1, 0.15) is 30.4 Å². The molecule has 0 unspecified atom stereocenters. The number of phenolic OH excluding ortho intramolecular Hbond substituents is 1. The zero-order valence-electron chi connectivity index (χ0n) is 10.9. The highest BCUT2D eigenvalue weighted by Gasteiger charge is 2.21. The molecule has 1 fully saturated rings. The first-order valence-electron chi connectivity index (χ1n) is 6.42. The van der Waals surface area contributed by atoms with E-state index in [4.69, 9.17) is 0 Å². The Bertz CT molecular complexity index is 451. The maximum atomic E-state index is 12.1. The fourth-order valence-electron chi connectivity index (χ4n) is 2.23. The number of aryl methyl sites for hydroxylation is 2. The first-order chi connectivity index (χ1) is 8.58. The van der Waals surface area contributed by atoms with Crippen LogP contribution in [0.15, 0.2) is 12.1 Å². The molecule has 0 aromatic heterocycles. The van der Waals surface area contributed by atoms with Crippen molar-refractivity contribution >= 4 is 11.6 Å². The Hall–Kier alpha value is -1.55. The van der Waals surface area contributed by atoms with Crippen molar-refractivity contribution in [2.75, 3.05) is 11.9 Å². The molecule has 1 saturated heterocycles. The monoisotopic (exact) mass is 248 g/mol. The van der Waals surface area contributed by atoms with Gasteiger partial charge in [0.05, 0.1) is 6.04 Å². The van der Waals surface area contributed by atoms with E-state index in [1.165, 1.54) is 0 Å². The van der Waals surface area contributed by atoms with Crippen LogP contribution in [0.3, 0.4) is 0 Å². The smallest absolute Gasteiger partial charge is 0.241 e. The van der Waals surface area contributed by atoms with Gasteiger partial charge in [0.2, 0.25) is 5.91 Å². The quantitative estimate of drug-likeness (QED) is 0.702. The average Bonchev–Trinajstić information content (AvgIpc) is 2.37. The van der Waals surface area contributed by atoms with E-state index in [0.29, 0.717) is 0 Å². The van der Waals surface area contributed by atoms with Gasteiger partial charge in [-0.1, -0.05) is 6.42 Å². The molecule has 1 amide bonds. The number of hydrogen-bond acceptors (Lipinski definition) is 3. The summed E-state index contributed by atoms with van der Waals surface area (Å²) < 4.78 is 0. The molecule has 1 aromatic carbocycles. The molecule has 4 heteroatoms. The first-order valence-corrected chi connectivity index (χ1v) is 6.42. The minimum atomic E-state index is -0.0905. The molecule has 0 saturated carbocycles. The number of anilines is 1. The lowest BCUT2D eigenvalue weighted by Crippen LogP contribution is -2.43. The number of nitrogens with one attached hydrogen (secondary N) is 2. The van der Waals surface area contributed by atoms with Gasteiger partial charge in [-0.05, 0) is 56.5 Å². The number of aromatic hydroxyl groups is 1. The van der Waals surface area contributed by atoms with Crippen molar-refractivity contribution in [2.45, 2.75) is 39.2 Å². The molecule has 1 atom stereocenters. The molecular formula is C14H20N2O2. The van der Waals surface area contributed by atoms with Crippen molar-refractivity contribution in [2.24, 2.45) is 0 Å². The highest BCUT2D eigenvalue weighted by Crippen LogP contribution is 2.25. The Morgan fingerprint density at radius 2 is 2.11 bits per heavy atom. The molecule has 3 N–H and O–H groups in total. The standard InChI is InChI=1S/C14H20N2O2/c1-9-8-13(17)10(2)7-12(9)16-14(18)11-5-3-4-6-15-11/h7-8,11,15,17H,3-6H2,1-2H3,(H,16,18)/t11-/m1/s1.